The zero-order valence-corrected chi connectivity index (χ0v) is 16.8. The zero-order valence-electron chi connectivity index (χ0n) is 20.3. The van der Waals surface area contributed by atoms with Crippen molar-refractivity contribution in [3.8, 4) is 0 Å². The Morgan fingerprint density at radius 1 is 1.22 bits per heavy atom. The highest BCUT2D eigenvalue weighted by molar-refractivity contribution is 6.43. The van der Waals surface area contributed by atoms with Crippen molar-refractivity contribution >= 4 is 34.9 Å². The molecule has 0 radical (unpaired) electrons. The normalized spacial score (nSPS) is 27.6. The monoisotopic (exact) mass is 417 g/mol. The van der Waals surface area contributed by atoms with Crippen LogP contribution < -0.4 is 15.5 Å². The summed E-state index contributed by atoms with van der Waals surface area (Å²) in [7, 11) is 0. The molecule has 5 nitrogen and oxygen atoms in total. The Kier molecular flexibility index (Phi) is 5.39. The maximum Gasteiger partial charge on any atom is 0.314 e. The van der Waals surface area contributed by atoms with Crippen molar-refractivity contribution in [1.29, 1.82) is 0 Å². The van der Waals surface area contributed by atoms with Crippen LogP contribution in [0, 0.1) is 5.92 Å². The molecule has 2 N–H and O–H groups in total. The van der Waals surface area contributed by atoms with Crippen LogP contribution in [0.4, 0.5) is 10.5 Å². The summed E-state index contributed by atoms with van der Waals surface area (Å²) in [6.07, 6.45) is 1.26. The summed E-state index contributed by atoms with van der Waals surface area (Å²) in [5.74, 6) is -0.0911. The van der Waals surface area contributed by atoms with Gasteiger partial charge in [-0.2, -0.15) is 0 Å². The minimum absolute atomic E-state index is 0.0911. The third kappa shape index (κ3) is 5.66. The van der Waals surface area contributed by atoms with Gasteiger partial charge in [-0.05, 0) is 56.7 Å². The second-order valence-corrected chi connectivity index (χ2v) is 7.97. The Bertz CT molecular complexity index is 795. The SMILES string of the molecule is [2H]C([2H])([2H])NC(=O)NC1CCC(C([2H])([2H])CN2CCN(c3cccc(Cl)c3Cl)CC2)CC1. The molecule has 7 heteroatoms. The predicted octanol–water partition coefficient (Wildman–Crippen LogP) is 3.99. The van der Waals surface area contributed by atoms with Crippen LogP contribution in [0.3, 0.4) is 0 Å². The van der Waals surface area contributed by atoms with E-state index in [4.69, 9.17) is 30.1 Å². The van der Waals surface area contributed by atoms with E-state index in [1.165, 1.54) is 0 Å². The van der Waals surface area contributed by atoms with E-state index in [0.29, 0.717) is 42.3 Å². The smallest absolute Gasteiger partial charge is 0.314 e. The molecule has 2 amide bonds. The van der Waals surface area contributed by atoms with E-state index in [0.717, 1.165) is 31.9 Å². The summed E-state index contributed by atoms with van der Waals surface area (Å²) < 4.78 is 38.6. The third-order valence-corrected chi connectivity index (χ3v) is 6.23. The van der Waals surface area contributed by atoms with Gasteiger partial charge in [0.1, 0.15) is 0 Å². The van der Waals surface area contributed by atoms with Gasteiger partial charge in [0.25, 0.3) is 0 Å². The molecular weight excluding hydrogens is 383 g/mol. The van der Waals surface area contributed by atoms with Crippen molar-refractivity contribution in [2.24, 2.45) is 5.92 Å². The van der Waals surface area contributed by atoms with Crippen molar-refractivity contribution in [3.63, 3.8) is 0 Å². The van der Waals surface area contributed by atoms with Gasteiger partial charge in [-0.1, -0.05) is 29.3 Å². The number of rotatable bonds is 5. The van der Waals surface area contributed by atoms with E-state index in [9.17, 15) is 4.79 Å². The van der Waals surface area contributed by atoms with Crippen molar-refractivity contribution in [2.45, 2.75) is 38.1 Å². The first kappa shape index (κ1) is 14.8. The number of anilines is 1. The fourth-order valence-corrected chi connectivity index (χ4v) is 4.22. The molecule has 0 bridgehead atoms. The van der Waals surface area contributed by atoms with Gasteiger partial charge in [-0.15, -0.1) is 0 Å². The van der Waals surface area contributed by atoms with E-state index in [-0.39, 0.29) is 12.0 Å². The molecule has 1 aliphatic heterocycles. The first-order valence-corrected chi connectivity index (χ1v) is 10.2. The minimum atomic E-state index is -2.51. The molecule has 1 saturated heterocycles. The molecular formula is C20H30Cl2N4O. The van der Waals surface area contributed by atoms with Crippen LogP contribution in [0.25, 0.3) is 0 Å². The molecule has 1 heterocycles. The zero-order chi connectivity index (χ0) is 23.5. The topological polar surface area (TPSA) is 47.6 Å². The van der Waals surface area contributed by atoms with E-state index < -0.39 is 19.4 Å². The Morgan fingerprint density at radius 2 is 1.96 bits per heavy atom. The maximum atomic E-state index is 11.8. The molecule has 2 fully saturated rings. The number of urea groups is 1. The lowest BCUT2D eigenvalue weighted by Gasteiger charge is -2.37. The molecule has 1 aromatic carbocycles. The first-order valence-electron chi connectivity index (χ1n) is 11.9. The summed E-state index contributed by atoms with van der Waals surface area (Å²) in [6.45, 7) is 0.854. The molecule has 0 aromatic heterocycles. The number of hydrogen-bond acceptors (Lipinski definition) is 3. The molecule has 0 atom stereocenters. The molecule has 1 aliphatic carbocycles. The van der Waals surface area contributed by atoms with Crippen molar-refractivity contribution in [2.75, 3.05) is 44.6 Å². The summed E-state index contributed by atoms with van der Waals surface area (Å²) in [5.41, 5.74) is 0.912. The van der Waals surface area contributed by atoms with Gasteiger partial charge in [0.05, 0.1) is 15.7 Å². The highest BCUT2D eigenvalue weighted by Crippen LogP contribution is 2.33. The predicted molar refractivity (Wildman–Crippen MR) is 113 cm³/mol. The van der Waals surface area contributed by atoms with Gasteiger partial charge in [0.15, 0.2) is 0 Å². The molecule has 2 aliphatic rings. The number of hydrogen-bond donors (Lipinski definition) is 2. The number of piperazine rings is 1. The maximum absolute atomic E-state index is 11.8. The van der Waals surface area contributed by atoms with Gasteiger partial charge in [0.2, 0.25) is 0 Å². The van der Waals surface area contributed by atoms with Crippen molar-refractivity contribution < 1.29 is 11.6 Å². The number of nitrogens with one attached hydrogen (secondary N) is 2. The average Bonchev–Trinajstić information content (AvgIpc) is 2.69. The molecule has 0 spiro atoms. The molecule has 0 unspecified atom stereocenters. The Balaban J connectivity index is 1.45. The van der Waals surface area contributed by atoms with Crippen LogP contribution in [0.1, 0.15) is 38.9 Å². The second kappa shape index (κ2) is 9.85. The van der Waals surface area contributed by atoms with E-state index in [1.807, 2.05) is 17.4 Å². The number of halogens is 2. The summed E-state index contributed by atoms with van der Waals surface area (Å²) >= 11 is 12.5. The van der Waals surface area contributed by atoms with E-state index in [2.05, 4.69) is 15.1 Å². The fourth-order valence-electron chi connectivity index (χ4n) is 3.81. The highest BCUT2D eigenvalue weighted by atomic mass is 35.5. The second-order valence-electron chi connectivity index (χ2n) is 7.19. The molecule has 3 rings (SSSR count). The van der Waals surface area contributed by atoms with Crippen LogP contribution >= 0.6 is 23.2 Å². The highest BCUT2D eigenvalue weighted by Gasteiger charge is 2.24. The largest absolute Gasteiger partial charge is 0.368 e. The van der Waals surface area contributed by atoms with Gasteiger partial charge in [0, 0.05) is 46.1 Å². The van der Waals surface area contributed by atoms with Crippen LogP contribution in [0.2, 0.25) is 10.0 Å². The number of nitrogens with zero attached hydrogens (tertiary/aromatic N) is 2. The Hall–Kier alpha value is -1.17. The Labute approximate surface area is 179 Å². The van der Waals surface area contributed by atoms with Gasteiger partial charge >= 0.3 is 6.03 Å². The number of carbonyl (C=O) groups is 1. The number of benzene rings is 1. The summed E-state index contributed by atoms with van der Waals surface area (Å²) in [6, 6.07) is 4.77. The summed E-state index contributed by atoms with van der Waals surface area (Å²) in [5, 5.41) is 5.71. The quantitative estimate of drug-likeness (QED) is 0.760. The van der Waals surface area contributed by atoms with Gasteiger partial charge in [-0.25, -0.2) is 4.79 Å². The number of amides is 2. The lowest BCUT2D eigenvalue weighted by Crippen LogP contribution is -2.47. The average molecular weight is 418 g/mol. The van der Waals surface area contributed by atoms with E-state index >= 15 is 0 Å². The van der Waals surface area contributed by atoms with Gasteiger partial charge < -0.3 is 15.5 Å². The fraction of sp³-hybridized carbons (Fsp3) is 0.650. The van der Waals surface area contributed by atoms with Crippen LogP contribution in [-0.4, -0.2) is 56.7 Å². The van der Waals surface area contributed by atoms with Crippen LogP contribution in [0.15, 0.2) is 18.2 Å². The van der Waals surface area contributed by atoms with Crippen LogP contribution in [0.5, 0.6) is 0 Å². The first-order chi connectivity index (χ1) is 14.9. The van der Waals surface area contributed by atoms with Crippen molar-refractivity contribution in [1.82, 2.24) is 15.5 Å². The number of carbonyl (C=O) groups excluding carboxylic acids is 1. The Morgan fingerprint density at radius 3 is 2.67 bits per heavy atom. The van der Waals surface area contributed by atoms with Crippen LogP contribution in [-0.2, 0) is 0 Å². The molecule has 1 saturated carbocycles. The van der Waals surface area contributed by atoms with E-state index in [1.54, 1.807) is 6.07 Å². The van der Waals surface area contributed by atoms with Crippen molar-refractivity contribution in [3.05, 3.63) is 28.2 Å². The summed E-state index contributed by atoms with van der Waals surface area (Å²) in [4.78, 5) is 16.1. The molecule has 1 aromatic rings. The molecule has 150 valence electrons. The lowest BCUT2D eigenvalue weighted by atomic mass is 9.84. The minimum Gasteiger partial charge on any atom is -0.368 e. The lowest BCUT2D eigenvalue weighted by molar-refractivity contribution is 0.206. The van der Waals surface area contributed by atoms with Gasteiger partial charge in [-0.3, -0.25) is 4.90 Å². The molecule has 27 heavy (non-hydrogen) atoms. The standard InChI is InChI=1S/C20H30Cl2N4O/c1-23-20(27)24-16-7-5-15(6-8-16)9-10-25-11-13-26(14-12-25)18-4-2-3-17(21)19(18)22/h2-4,15-16H,5-14H2,1H3,(H2,23,24,27)/i1D3,9D2. The third-order valence-electron chi connectivity index (χ3n) is 5.42.